The predicted octanol–water partition coefficient (Wildman–Crippen LogP) is 9.23. The topological polar surface area (TPSA) is 39.1 Å². The maximum atomic E-state index is 14.4. The van der Waals surface area contributed by atoms with Gasteiger partial charge >= 0.3 is 0 Å². The van der Waals surface area contributed by atoms with E-state index < -0.39 is 0 Å². The summed E-state index contributed by atoms with van der Waals surface area (Å²) >= 11 is 0. The van der Waals surface area contributed by atoms with Crippen molar-refractivity contribution in [2.45, 2.75) is 91.5 Å². The van der Waals surface area contributed by atoms with Crippen LogP contribution in [0.2, 0.25) is 0 Å². The largest absolute Gasteiger partial charge is 0.271 e. The number of rotatable bonds is 4. The van der Waals surface area contributed by atoms with Crippen molar-refractivity contribution in [1.29, 1.82) is 0 Å². The third-order valence-electron chi connectivity index (χ3n) is 9.36. The number of fused-ring (bicyclic) bond motifs is 3. The number of aromatic nitrogens is 1. The molecule has 7 rings (SSSR count). The van der Waals surface area contributed by atoms with Crippen LogP contribution in [0.5, 0.6) is 0 Å². The molecule has 0 radical (unpaired) electrons. The van der Waals surface area contributed by atoms with Gasteiger partial charge in [-0.1, -0.05) is 86.1 Å². The molecule has 1 aromatic heterocycles. The molecule has 0 aliphatic carbocycles. The fourth-order valence-corrected chi connectivity index (χ4v) is 7.63. The van der Waals surface area contributed by atoms with Gasteiger partial charge < -0.3 is 0 Å². The van der Waals surface area contributed by atoms with Gasteiger partial charge in [0.05, 0.1) is 10.8 Å². The third kappa shape index (κ3) is 2.94. The third-order valence-corrected chi connectivity index (χ3v) is 9.36. The molecule has 0 N–H and O–H groups in total. The summed E-state index contributed by atoms with van der Waals surface area (Å²) in [6, 6.07) is 13.4. The fourth-order valence-electron chi connectivity index (χ4n) is 7.63. The molecule has 39 heavy (non-hydrogen) atoms. The van der Waals surface area contributed by atoms with E-state index in [1.807, 2.05) is 0 Å². The Morgan fingerprint density at radius 3 is 1.44 bits per heavy atom. The SMILES string of the molecule is CCCC(CC)n1c(=O)c2c3cc(C(C)(C)C)c4ccc5ccc6c(C(C)(C)C)cc(c2c1=O)c1c6c5c4c31. The number of nitrogens with zero attached hydrogens (tertiary/aromatic N) is 1. The van der Waals surface area contributed by atoms with Crippen molar-refractivity contribution in [3.05, 3.63) is 68.2 Å². The van der Waals surface area contributed by atoms with Crippen molar-refractivity contribution in [3.63, 3.8) is 0 Å². The molecular formula is C36H37NO2. The smallest absolute Gasteiger partial charge is 0.262 e. The molecule has 1 unspecified atom stereocenters. The summed E-state index contributed by atoms with van der Waals surface area (Å²) in [7, 11) is 0. The second kappa shape index (κ2) is 7.59. The zero-order valence-electron chi connectivity index (χ0n) is 24.4. The normalized spacial score (nSPS) is 14.6. The molecule has 198 valence electrons. The van der Waals surface area contributed by atoms with E-state index in [4.69, 9.17) is 0 Å². The maximum Gasteiger partial charge on any atom is 0.262 e. The average molecular weight is 516 g/mol. The van der Waals surface area contributed by atoms with Gasteiger partial charge in [-0.05, 0) is 101 Å². The molecular weight excluding hydrogens is 478 g/mol. The minimum absolute atomic E-state index is 0.0807. The molecule has 0 aliphatic heterocycles. The highest BCUT2D eigenvalue weighted by molar-refractivity contribution is 6.48. The Hall–Kier alpha value is -3.46. The van der Waals surface area contributed by atoms with E-state index >= 15 is 0 Å². The second-order valence-electron chi connectivity index (χ2n) is 13.8. The first kappa shape index (κ1) is 24.6. The highest BCUT2D eigenvalue weighted by Crippen LogP contribution is 2.53. The molecule has 1 heterocycles. The van der Waals surface area contributed by atoms with Gasteiger partial charge in [-0.2, -0.15) is 0 Å². The molecule has 6 aromatic carbocycles. The van der Waals surface area contributed by atoms with Gasteiger partial charge in [0.2, 0.25) is 0 Å². The summed E-state index contributed by atoms with van der Waals surface area (Å²) in [4.78, 5) is 28.7. The lowest BCUT2D eigenvalue weighted by atomic mass is 9.80. The minimum Gasteiger partial charge on any atom is -0.271 e. The van der Waals surface area contributed by atoms with Crippen LogP contribution in [0.15, 0.2) is 46.0 Å². The van der Waals surface area contributed by atoms with Crippen LogP contribution in [0.4, 0.5) is 0 Å². The summed E-state index contributed by atoms with van der Waals surface area (Å²) in [6.07, 6.45) is 2.54. The summed E-state index contributed by atoms with van der Waals surface area (Å²) < 4.78 is 1.60. The number of hydrogen-bond donors (Lipinski definition) is 0. The Morgan fingerprint density at radius 2 is 1.05 bits per heavy atom. The standard InChI is InChI=1S/C36H37NO2/c1-9-11-19(10-2)37-33(38)31-22-16-24(35(3,4)5)20-14-12-18-13-15-21-25(36(6,7)8)17-23(32(31)34(37)39)30-28(21)26(18)27(20)29(22)30/h12-17,19H,9-11H2,1-8H3. The lowest BCUT2D eigenvalue weighted by Crippen LogP contribution is -2.29. The molecule has 0 saturated heterocycles. The van der Waals surface area contributed by atoms with E-state index in [0.717, 1.165) is 40.8 Å². The zero-order valence-corrected chi connectivity index (χ0v) is 24.4. The molecule has 0 amide bonds. The monoisotopic (exact) mass is 515 g/mol. The van der Waals surface area contributed by atoms with Gasteiger partial charge in [-0.25, -0.2) is 0 Å². The Kier molecular flexibility index (Phi) is 4.78. The van der Waals surface area contributed by atoms with Crippen LogP contribution in [0.25, 0.3) is 64.6 Å². The van der Waals surface area contributed by atoms with Crippen molar-refractivity contribution in [3.8, 4) is 0 Å². The van der Waals surface area contributed by atoms with Gasteiger partial charge in [-0.3, -0.25) is 14.2 Å². The van der Waals surface area contributed by atoms with Crippen molar-refractivity contribution in [2.75, 3.05) is 0 Å². The first-order chi connectivity index (χ1) is 18.4. The van der Waals surface area contributed by atoms with Gasteiger partial charge in [0.1, 0.15) is 0 Å². The van der Waals surface area contributed by atoms with Crippen LogP contribution >= 0.6 is 0 Å². The van der Waals surface area contributed by atoms with Crippen LogP contribution in [-0.4, -0.2) is 4.57 Å². The van der Waals surface area contributed by atoms with E-state index in [0.29, 0.717) is 10.8 Å². The fraction of sp³-hybridized carbons (Fsp3) is 0.389. The molecule has 0 aliphatic rings. The van der Waals surface area contributed by atoms with Crippen LogP contribution < -0.4 is 11.1 Å². The molecule has 7 aromatic rings. The Labute approximate surface area is 228 Å². The lowest BCUT2D eigenvalue weighted by molar-refractivity contribution is 0.433. The summed E-state index contributed by atoms with van der Waals surface area (Å²) in [5, 5.41) is 13.0. The summed E-state index contributed by atoms with van der Waals surface area (Å²) in [6.45, 7) is 17.7. The van der Waals surface area contributed by atoms with Crippen LogP contribution in [0.1, 0.15) is 91.8 Å². The van der Waals surface area contributed by atoms with Gasteiger partial charge in [0, 0.05) is 6.04 Å². The van der Waals surface area contributed by atoms with Crippen molar-refractivity contribution in [1.82, 2.24) is 4.57 Å². The lowest BCUT2D eigenvalue weighted by Gasteiger charge is -2.23. The highest BCUT2D eigenvalue weighted by Gasteiger charge is 2.32. The quantitative estimate of drug-likeness (QED) is 0.219. The van der Waals surface area contributed by atoms with Crippen molar-refractivity contribution in [2.24, 2.45) is 0 Å². The zero-order chi connectivity index (χ0) is 27.8. The number of hydrogen-bond acceptors (Lipinski definition) is 2. The molecule has 3 nitrogen and oxygen atoms in total. The molecule has 0 bridgehead atoms. The minimum atomic E-state index is -0.123. The maximum absolute atomic E-state index is 14.4. The van der Waals surface area contributed by atoms with Crippen LogP contribution in [-0.2, 0) is 10.8 Å². The summed E-state index contributed by atoms with van der Waals surface area (Å²) in [5.74, 6) is 0. The van der Waals surface area contributed by atoms with Gasteiger partial charge in [0.15, 0.2) is 0 Å². The van der Waals surface area contributed by atoms with E-state index in [2.05, 4.69) is 91.8 Å². The van der Waals surface area contributed by atoms with E-state index in [1.54, 1.807) is 4.57 Å². The first-order valence-electron chi connectivity index (χ1n) is 14.6. The number of benzene rings is 5. The van der Waals surface area contributed by atoms with Crippen LogP contribution in [0.3, 0.4) is 0 Å². The first-order valence-corrected chi connectivity index (χ1v) is 14.6. The Morgan fingerprint density at radius 1 is 0.615 bits per heavy atom. The highest BCUT2D eigenvalue weighted by atomic mass is 16.2. The average Bonchev–Trinajstić information content (AvgIpc) is 3.36. The Balaban J connectivity index is 1.89. The van der Waals surface area contributed by atoms with Crippen molar-refractivity contribution < 1.29 is 0 Å². The molecule has 1 atom stereocenters. The Bertz CT molecular complexity index is 2020. The molecule has 0 spiro atoms. The predicted molar refractivity (Wildman–Crippen MR) is 168 cm³/mol. The summed E-state index contributed by atoms with van der Waals surface area (Å²) in [5.41, 5.74) is 1.99. The van der Waals surface area contributed by atoms with E-state index in [1.165, 1.54) is 43.4 Å². The molecule has 0 saturated carbocycles. The van der Waals surface area contributed by atoms with Gasteiger partial charge in [0.25, 0.3) is 11.1 Å². The van der Waals surface area contributed by atoms with Crippen molar-refractivity contribution >= 4 is 64.6 Å². The second-order valence-corrected chi connectivity index (χ2v) is 13.8. The van der Waals surface area contributed by atoms with E-state index in [-0.39, 0.29) is 28.0 Å². The van der Waals surface area contributed by atoms with Crippen LogP contribution in [0, 0.1) is 0 Å². The molecule has 3 heteroatoms. The van der Waals surface area contributed by atoms with Gasteiger partial charge in [-0.15, -0.1) is 0 Å². The molecule has 0 fully saturated rings. The van der Waals surface area contributed by atoms with E-state index in [9.17, 15) is 9.59 Å².